The fourth-order valence-electron chi connectivity index (χ4n) is 7.67. The monoisotopic (exact) mass is 451 g/mol. The van der Waals surface area contributed by atoms with Crippen molar-refractivity contribution in [2.24, 2.45) is 11.3 Å². The summed E-state index contributed by atoms with van der Waals surface area (Å²) in [6.45, 7) is 6.69. The number of likely N-dealkylation sites (tertiary alicyclic amines) is 1. The van der Waals surface area contributed by atoms with E-state index in [1.165, 1.54) is 27.8 Å². The van der Waals surface area contributed by atoms with E-state index in [1.54, 1.807) is 0 Å². The van der Waals surface area contributed by atoms with Gasteiger partial charge in [0, 0.05) is 36.9 Å². The Morgan fingerprint density at radius 1 is 1.00 bits per heavy atom. The first kappa shape index (κ1) is 21.6. The van der Waals surface area contributed by atoms with Gasteiger partial charge in [0.2, 0.25) is 0 Å². The van der Waals surface area contributed by atoms with Crippen LogP contribution < -0.4 is 0 Å². The molecule has 0 aromatic heterocycles. The molecule has 1 heterocycles. The summed E-state index contributed by atoms with van der Waals surface area (Å²) in [5.41, 5.74) is 5.50. The molecular weight excluding hydrogens is 418 g/mol. The van der Waals surface area contributed by atoms with Crippen LogP contribution >= 0.6 is 0 Å². The van der Waals surface area contributed by atoms with Crippen LogP contribution in [-0.2, 0) is 16.8 Å². The second kappa shape index (κ2) is 7.81. The van der Waals surface area contributed by atoms with E-state index in [9.17, 15) is 9.90 Å². The number of fused-ring (bicyclic) bond motifs is 1. The second-order valence-corrected chi connectivity index (χ2v) is 11.0. The van der Waals surface area contributed by atoms with Gasteiger partial charge in [0.1, 0.15) is 0 Å². The maximum atomic E-state index is 13.2. The minimum Gasteiger partial charge on any atom is -0.481 e. The number of benzene rings is 3. The van der Waals surface area contributed by atoms with Crippen molar-refractivity contribution in [2.45, 2.75) is 50.5 Å². The maximum absolute atomic E-state index is 13.2. The minimum atomic E-state index is -0.752. The Bertz CT molecular complexity index is 1220. The number of aliphatic carboxylic acids is 1. The molecule has 0 spiro atoms. The highest BCUT2D eigenvalue weighted by Gasteiger charge is 2.70. The third kappa shape index (κ3) is 2.89. The molecule has 174 valence electrons. The van der Waals surface area contributed by atoms with Gasteiger partial charge in [-0.15, -0.1) is 0 Å². The highest BCUT2D eigenvalue weighted by molar-refractivity contribution is 5.80. The van der Waals surface area contributed by atoms with E-state index in [2.05, 4.69) is 91.5 Å². The van der Waals surface area contributed by atoms with Crippen LogP contribution in [0.1, 0.15) is 66.3 Å². The van der Waals surface area contributed by atoms with Gasteiger partial charge < -0.3 is 5.11 Å². The van der Waals surface area contributed by atoms with Gasteiger partial charge in [-0.1, -0.05) is 92.7 Å². The molecule has 0 amide bonds. The maximum Gasteiger partial charge on any atom is 0.311 e. The van der Waals surface area contributed by atoms with Crippen molar-refractivity contribution in [3.05, 3.63) is 107 Å². The van der Waals surface area contributed by atoms with Gasteiger partial charge in [-0.2, -0.15) is 0 Å². The summed E-state index contributed by atoms with van der Waals surface area (Å²) < 4.78 is 0. The molecule has 1 N–H and O–H groups in total. The normalized spacial score (nSPS) is 29.7. The van der Waals surface area contributed by atoms with Gasteiger partial charge in [-0.3, -0.25) is 9.69 Å². The number of carboxylic acids is 1. The lowest BCUT2D eigenvalue weighted by Crippen LogP contribution is -2.60. The van der Waals surface area contributed by atoms with E-state index in [-0.39, 0.29) is 17.3 Å². The standard InChI is InChI=1S/C31H33NO2/c1-21(2)23-12-14-24(15-13-23)30-17-16-27(25-10-6-7-11-26(25)30)31(29(33)34)20-32(19-28(30)31)18-22-8-4-3-5-9-22/h3-15,21,27-28H,16-20H2,1-2H3,(H,33,34). The summed E-state index contributed by atoms with van der Waals surface area (Å²) in [6, 6.07) is 28.3. The molecule has 4 unspecified atom stereocenters. The molecule has 3 aromatic rings. The molecule has 3 heteroatoms. The summed E-state index contributed by atoms with van der Waals surface area (Å²) in [4.78, 5) is 15.7. The van der Waals surface area contributed by atoms with Crippen molar-refractivity contribution in [2.75, 3.05) is 13.1 Å². The molecule has 3 aliphatic carbocycles. The average Bonchev–Trinajstić information content (AvgIpc) is 3.27. The van der Waals surface area contributed by atoms with Crippen LogP contribution in [0.2, 0.25) is 0 Å². The summed E-state index contributed by atoms with van der Waals surface area (Å²) >= 11 is 0. The fraction of sp³-hybridized carbons (Fsp3) is 0.387. The Balaban J connectivity index is 1.52. The highest BCUT2D eigenvalue weighted by atomic mass is 16.4. The molecule has 1 saturated heterocycles. The van der Waals surface area contributed by atoms with Gasteiger partial charge in [-0.25, -0.2) is 0 Å². The third-order valence-corrected chi connectivity index (χ3v) is 9.15. The predicted molar refractivity (Wildman–Crippen MR) is 135 cm³/mol. The lowest BCUT2D eigenvalue weighted by molar-refractivity contribution is -0.157. The lowest BCUT2D eigenvalue weighted by Gasteiger charge is -2.59. The smallest absolute Gasteiger partial charge is 0.311 e. The number of rotatable bonds is 5. The lowest BCUT2D eigenvalue weighted by atomic mass is 9.42. The molecule has 1 aliphatic heterocycles. The molecule has 1 saturated carbocycles. The fourth-order valence-corrected chi connectivity index (χ4v) is 7.67. The van der Waals surface area contributed by atoms with Crippen molar-refractivity contribution < 1.29 is 9.90 Å². The molecule has 3 aromatic carbocycles. The SMILES string of the molecule is CC(C)c1ccc(C23CCC(c4ccccc42)C2(C(=O)O)CN(Cc4ccccc4)CC32)cc1. The first-order valence-corrected chi connectivity index (χ1v) is 12.7. The first-order valence-electron chi connectivity index (χ1n) is 12.7. The minimum absolute atomic E-state index is 0.0553. The Labute approximate surface area is 202 Å². The Morgan fingerprint density at radius 3 is 2.41 bits per heavy atom. The summed E-state index contributed by atoms with van der Waals surface area (Å²) in [6.07, 6.45) is 1.96. The van der Waals surface area contributed by atoms with Crippen LogP contribution in [0.3, 0.4) is 0 Å². The number of hydrogen-bond donors (Lipinski definition) is 1. The number of hydrogen-bond acceptors (Lipinski definition) is 2. The Hall–Kier alpha value is -2.91. The molecule has 4 atom stereocenters. The third-order valence-electron chi connectivity index (χ3n) is 9.15. The van der Waals surface area contributed by atoms with Crippen LogP contribution in [0.15, 0.2) is 78.9 Å². The number of carbonyl (C=O) groups is 1. The zero-order chi connectivity index (χ0) is 23.5. The van der Waals surface area contributed by atoms with Gasteiger partial charge >= 0.3 is 5.97 Å². The summed E-state index contributed by atoms with van der Waals surface area (Å²) in [5, 5.41) is 10.9. The van der Waals surface area contributed by atoms with E-state index in [1.807, 2.05) is 6.07 Å². The Kier molecular flexibility index (Phi) is 4.97. The Morgan fingerprint density at radius 2 is 1.71 bits per heavy atom. The zero-order valence-electron chi connectivity index (χ0n) is 20.1. The van der Waals surface area contributed by atoms with Crippen molar-refractivity contribution in [3.63, 3.8) is 0 Å². The summed E-state index contributed by atoms with van der Waals surface area (Å²) in [5.74, 6) is -0.00845. The van der Waals surface area contributed by atoms with E-state index < -0.39 is 11.4 Å². The largest absolute Gasteiger partial charge is 0.481 e. The summed E-state index contributed by atoms with van der Waals surface area (Å²) in [7, 11) is 0. The highest BCUT2D eigenvalue weighted by Crippen LogP contribution is 2.69. The predicted octanol–water partition coefficient (Wildman–Crippen LogP) is 6.19. The van der Waals surface area contributed by atoms with Crippen LogP contribution in [-0.4, -0.2) is 29.1 Å². The number of carboxylic acid groups (broad SMARTS) is 1. The van der Waals surface area contributed by atoms with Crippen LogP contribution in [0.5, 0.6) is 0 Å². The molecule has 3 nitrogen and oxygen atoms in total. The van der Waals surface area contributed by atoms with Crippen LogP contribution in [0, 0.1) is 11.3 Å². The first-order chi connectivity index (χ1) is 16.5. The topological polar surface area (TPSA) is 40.5 Å². The van der Waals surface area contributed by atoms with Gasteiger partial charge in [0.15, 0.2) is 0 Å². The molecule has 34 heavy (non-hydrogen) atoms. The number of nitrogens with zero attached hydrogens (tertiary/aromatic N) is 1. The molecule has 0 radical (unpaired) electrons. The molecule has 7 rings (SSSR count). The van der Waals surface area contributed by atoms with Crippen LogP contribution in [0.25, 0.3) is 0 Å². The zero-order valence-corrected chi connectivity index (χ0v) is 20.1. The van der Waals surface area contributed by atoms with E-state index in [4.69, 9.17) is 0 Å². The quantitative estimate of drug-likeness (QED) is 0.503. The van der Waals surface area contributed by atoms with Gasteiger partial charge in [-0.05, 0) is 46.6 Å². The van der Waals surface area contributed by atoms with Gasteiger partial charge in [0.25, 0.3) is 0 Å². The van der Waals surface area contributed by atoms with Crippen molar-refractivity contribution >= 4 is 5.97 Å². The molecule has 2 bridgehead atoms. The molecular formula is C31H33NO2. The van der Waals surface area contributed by atoms with Crippen molar-refractivity contribution in [1.82, 2.24) is 4.90 Å². The van der Waals surface area contributed by atoms with Crippen molar-refractivity contribution in [1.29, 1.82) is 0 Å². The van der Waals surface area contributed by atoms with E-state index >= 15 is 0 Å². The van der Waals surface area contributed by atoms with E-state index in [0.29, 0.717) is 12.5 Å². The van der Waals surface area contributed by atoms with Crippen LogP contribution in [0.4, 0.5) is 0 Å². The molecule has 2 fully saturated rings. The average molecular weight is 452 g/mol. The molecule has 4 aliphatic rings. The van der Waals surface area contributed by atoms with Gasteiger partial charge in [0.05, 0.1) is 5.41 Å². The van der Waals surface area contributed by atoms with Crippen molar-refractivity contribution in [3.8, 4) is 0 Å². The second-order valence-electron chi connectivity index (χ2n) is 11.0. The van der Waals surface area contributed by atoms with E-state index in [0.717, 1.165) is 25.9 Å².